The lowest BCUT2D eigenvalue weighted by atomic mass is 9.89. The van der Waals surface area contributed by atoms with Crippen LogP contribution in [0, 0.1) is 0 Å². The maximum atomic E-state index is 11.5. The second-order valence-electron chi connectivity index (χ2n) is 4.25. The van der Waals surface area contributed by atoms with E-state index in [4.69, 9.17) is 21.4 Å². The highest BCUT2D eigenvalue weighted by Gasteiger charge is 2.28. The lowest BCUT2D eigenvalue weighted by molar-refractivity contribution is -0.125. The van der Waals surface area contributed by atoms with E-state index in [2.05, 4.69) is 21.2 Å². The minimum absolute atomic E-state index is 0.0488. The predicted molar refractivity (Wildman–Crippen MR) is 71.8 cm³/mol. The van der Waals surface area contributed by atoms with Crippen molar-refractivity contribution in [2.24, 2.45) is 0 Å². The molecule has 0 spiro atoms. The van der Waals surface area contributed by atoms with Gasteiger partial charge in [0, 0.05) is 11.1 Å². The van der Waals surface area contributed by atoms with Crippen LogP contribution in [-0.4, -0.2) is 29.8 Å². The summed E-state index contributed by atoms with van der Waals surface area (Å²) in [6, 6.07) is 5.18. The van der Waals surface area contributed by atoms with Crippen molar-refractivity contribution in [2.45, 2.75) is 25.0 Å². The highest BCUT2D eigenvalue weighted by molar-refractivity contribution is 9.10. The van der Waals surface area contributed by atoms with Gasteiger partial charge in [0.15, 0.2) is 6.61 Å². The highest BCUT2D eigenvalue weighted by atomic mass is 79.9. The van der Waals surface area contributed by atoms with E-state index in [0.29, 0.717) is 28.1 Å². The normalized spacial score (nSPS) is 22.2. The van der Waals surface area contributed by atoms with Gasteiger partial charge >= 0.3 is 0 Å². The molecular formula is C12H13BrClNO3. The average Bonchev–Trinajstić information content (AvgIpc) is 2.26. The van der Waals surface area contributed by atoms with Gasteiger partial charge in [-0.15, -0.1) is 0 Å². The van der Waals surface area contributed by atoms with E-state index in [1.54, 1.807) is 18.2 Å². The molecule has 1 aromatic carbocycles. The number of aliphatic hydroxyl groups is 1. The minimum atomic E-state index is -0.276. The zero-order chi connectivity index (χ0) is 13.1. The summed E-state index contributed by atoms with van der Waals surface area (Å²) in [6.45, 7) is -0.0488. The molecule has 18 heavy (non-hydrogen) atoms. The Bertz CT molecular complexity index is 449. The van der Waals surface area contributed by atoms with Crippen LogP contribution >= 0.6 is 27.5 Å². The molecule has 1 amide bonds. The summed E-state index contributed by atoms with van der Waals surface area (Å²) in [6.07, 6.45) is 0.967. The fraction of sp³-hybridized carbons (Fsp3) is 0.417. The maximum absolute atomic E-state index is 11.5. The summed E-state index contributed by atoms with van der Waals surface area (Å²) in [4.78, 5) is 11.5. The number of hydrogen-bond donors (Lipinski definition) is 2. The number of ether oxygens (including phenoxy) is 1. The lowest BCUT2D eigenvalue weighted by Crippen LogP contribution is -2.48. The molecule has 1 aliphatic rings. The molecule has 2 N–H and O–H groups in total. The first kappa shape index (κ1) is 13.6. The Labute approximate surface area is 118 Å². The van der Waals surface area contributed by atoms with E-state index in [-0.39, 0.29) is 24.7 Å². The highest BCUT2D eigenvalue weighted by Crippen LogP contribution is 2.27. The van der Waals surface area contributed by atoms with Crippen LogP contribution in [0.4, 0.5) is 0 Å². The van der Waals surface area contributed by atoms with Crippen molar-refractivity contribution in [1.29, 1.82) is 0 Å². The second-order valence-corrected chi connectivity index (χ2v) is 5.54. The predicted octanol–water partition coefficient (Wildman–Crippen LogP) is 2.12. The molecule has 0 atom stereocenters. The molecule has 4 nitrogen and oxygen atoms in total. The van der Waals surface area contributed by atoms with Gasteiger partial charge in [-0.2, -0.15) is 0 Å². The molecule has 6 heteroatoms. The molecule has 0 radical (unpaired) electrons. The summed E-state index contributed by atoms with van der Waals surface area (Å²) < 4.78 is 6.08. The summed E-state index contributed by atoms with van der Waals surface area (Å²) in [7, 11) is 0. The number of carbonyl (C=O) groups is 1. The van der Waals surface area contributed by atoms with Crippen molar-refractivity contribution in [3.8, 4) is 5.75 Å². The Morgan fingerprint density at radius 3 is 2.89 bits per heavy atom. The fourth-order valence-electron chi connectivity index (χ4n) is 1.71. The van der Waals surface area contributed by atoms with Crippen LogP contribution in [0.25, 0.3) is 0 Å². The van der Waals surface area contributed by atoms with Crippen molar-refractivity contribution in [3.63, 3.8) is 0 Å². The first-order valence-corrected chi connectivity index (χ1v) is 6.77. The molecule has 1 fully saturated rings. The van der Waals surface area contributed by atoms with Crippen molar-refractivity contribution >= 4 is 33.4 Å². The fourth-order valence-corrected chi connectivity index (χ4v) is 2.51. The number of rotatable bonds is 4. The third-order valence-corrected chi connectivity index (χ3v) is 3.59. The van der Waals surface area contributed by atoms with Gasteiger partial charge < -0.3 is 15.2 Å². The van der Waals surface area contributed by atoms with Crippen LogP contribution in [0.3, 0.4) is 0 Å². The van der Waals surface area contributed by atoms with Crippen LogP contribution in [0.15, 0.2) is 22.7 Å². The second kappa shape index (κ2) is 5.91. The standard InChI is InChI=1S/C12H13BrClNO3/c13-10-3-7(14)1-2-11(10)18-6-12(17)15-8-4-9(16)5-8/h1-3,8-9,16H,4-6H2,(H,15,17). The third kappa shape index (κ3) is 3.60. The Morgan fingerprint density at radius 2 is 2.28 bits per heavy atom. The van der Waals surface area contributed by atoms with Crippen molar-refractivity contribution in [1.82, 2.24) is 5.32 Å². The molecule has 1 aliphatic carbocycles. The zero-order valence-electron chi connectivity index (χ0n) is 9.53. The summed E-state index contributed by atoms with van der Waals surface area (Å²) in [5.41, 5.74) is 0. The van der Waals surface area contributed by atoms with E-state index in [9.17, 15) is 4.79 Å². The van der Waals surface area contributed by atoms with Gasteiger partial charge in [-0.05, 0) is 47.0 Å². The topological polar surface area (TPSA) is 58.6 Å². The smallest absolute Gasteiger partial charge is 0.258 e. The zero-order valence-corrected chi connectivity index (χ0v) is 11.9. The third-order valence-electron chi connectivity index (χ3n) is 2.73. The quantitative estimate of drug-likeness (QED) is 0.887. The Kier molecular flexibility index (Phi) is 4.48. The number of carbonyl (C=O) groups excluding carboxylic acids is 1. The number of halogens is 2. The first-order valence-electron chi connectivity index (χ1n) is 5.60. The van der Waals surface area contributed by atoms with Crippen LogP contribution in [0.2, 0.25) is 5.02 Å². The van der Waals surface area contributed by atoms with Gasteiger partial charge in [0.1, 0.15) is 5.75 Å². The molecule has 0 bridgehead atoms. The van der Waals surface area contributed by atoms with Gasteiger partial charge in [-0.25, -0.2) is 0 Å². The first-order chi connectivity index (χ1) is 8.54. The number of nitrogens with one attached hydrogen (secondary N) is 1. The maximum Gasteiger partial charge on any atom is 0.258 e. The lowest BCUT2D eigenvalue weighted by Gasteiger charge is -2.31. The van der Waals surface area contributed by atoms with E-state index in [1.165, 1.54) is 0 Å². The van der Waals surface area contributed by atoms with Crippen LogP contribution in [0.5, 0.6) is 5.75 Å². The molecule has 2 rings (SSSR count). The molecule has 1 aromatic rings. The van der Waals surface area contributed by atoms with Gasteiger partial charge in [0.25, 0.3) is 5.91 Å². The van der Waals surface area contributed by atoms with E-state index < -0.39 is 0 Å². The molecule has 0 heterocycles. The van der Waals surface area contributed by atoms with Gasteiger partial charge in [-0.1, -0.05) is 11.6 Å². The monoisotopic (exact) mass is 333 g/mol. The summed E-state index contributed by atoms with van der Waals surface area (Å²) in [5.74, 6) is 0.386. The van der Waals surface area contributed by atoms with Crippen LogP contribution in [-0.2, 0) is 4.79 Å². The molecule has 1 saturated carbocycles. The summed E-state index contributed by atoms with van der Waals surface area (Å²) in [5, 5.41) is 12.5. The van der Waals surface area contributed by atoms with Crippen molar-refractivity contribution in [2.75, 3.05) is 6.61 Å². The van der Waals surface area contributed by atoms with Crippen LogP contribution < -0.4 is 10.1 Å². The summed E-state index contributed by atoms with van der Waals surface area (Å²) >= 11 is 9.11. The molecule has 0 unspecified atom stereocenters. The largest absolute Gasteiger partial charge is 0.483 e. The van der Waals surface area contributed by atoms with Gasteiger partial charge in [0.2, 0.25) is 0 Å². The Hall–Kier alpha value is -0.780. The van der Waals surface area contributed by atoms with Crippen LogP contribution in [0.1, 0.15) is 12.8 Å². The van der Waals surface area contributed by atoms with Crippen molar-refractivity contribution in [3.05, 3.63) is 27.7 Å². The molecule has 98 valence electrons. The molecular weight excluding hydrogens is 321 g/mol. The molecule has 0 aromatic heterocycles. The number of benzene rings is 1. The SMILES string of the molecule is O=C(COc1ccc(Cl)cc1Br)NC1CC(O)C1. The molecule has 0 aliphatic heterocycles. The van der Waals surface area contributed by atoms with Crippen molar-refractivity contribution < 1.29 is 14.6 Å². The van der Waals surface area contributed by atoms with Gasteiger partial charge in [-0.3, -0.25) is 4.79 Å². The van der Waals surface area contributed by atoms with E-state index >= 15 is 0 Å². The van der Waals surface area contributed by atoms with E-state index in [0.717, 1.165) is 0 Å². The minimum Gasteiger partial charge on any atom is -0.483 e. The number of amides is 1. The average molecular weight is 335 g/mol. The Morgan fingerprint density at radius 1 is 1.56 bits per heavy atom. The molecule has 0 saturated heterocycles. The Balaban J connectivity index is 1.78. The van der Waals surface area contributed by atoms with E-state index in [1.807, 2.05) is 0 Å². The number of aliphatic hydroxyl groups excluding tert-OH is 1. The van der Waals surface area contributed by atoms with Gasteiger partial charge in [0.05, 0.1) is 10.6 Å². The number of hydrogen-bond acceptors (Lipinski definition) is 3.